The Balaban J connectivity index is 2.38. The standard InChI is InChI=1S/C17H16Cl2F4N2O3/c1-16(2,3)28-12(26)7-27-11-5-8(10(20)6-9(11)18)14-13(19)15(17(21,22)23)25(4)24-14/h5-6H,7H2,1-4H3. The lowest BCUT2D eigenvalue weighted by atomic mass is 10.1. The maximum absolute atomic E-state index is 14.3. The molecule has 28 heavy (non-hydrogen) atoms. The quantitative estimate of drug-likeness (QED) is 0.477. The van der Waals surface area contributed by atoms with Crippen LogP contribution in [0.1, 0.15) is 26.5 Å². The zero-order valence-corrected chi connectivity index (χ0v) is 16.8. The Morgan fingerprint density at radius 3 is 2.32 bits per heavy atom. The van der Waals surface area contributed by atoms with Crippen LogP contribution in [0.2, 0.25) is 10.0 Å². The summed E-state index contributed by atoms with van der Waals surface area (Å²) >= 11 is 11.7. The molecule has 1 aromatic carbocycles. The Kier molecular flexibility index (Phi) is 6.20. The lowest BCUT2D eigenvalue weighted by Gasteiger charge is -2.19. The van der Waals surface area contributed by atoms with Crippen molar-refractivity contribution in [3.05, 3.63) is 33.7 Å². The number of hydrogen-bond acceptors (Lipinski definition) is 4. The zero-order chi connectivity index (χ0) is 21.4. The van der Waals surface area contributed by atoms with E-state index in [1.165, 1.54) is 0 Å². The van der Waals surface area contributed by atoms with Crippen molar-refractivity contribution in [1.82, 2.24) is 9.78 Å². The number of aryl methyl sites for hydroxylation is 1. The number of benzene rings is 1. The van der Waals surface area contributed by atoms with E-state index in [1.807, 2.05) is 0 Å². The van der Waals surface area contributed by atoms with Crippen molar-refractivity contribution in [2.75, 3.05) is 6.61 Å². The number of aromatic nitrogens is 2. The van der Waals surface area contributed by atoms with Crippen LogP contribution in [0, 0.1) is 5.82 Å². The van der Waals surface area contributed by atoms with Gasteiger partial charge in [-0.05, 0) is 32.9 Å². The Labute approximate surface area is 168 Å². The monoisotopic (exact) mass is 442 g/mol. The minimum atomic E-state index is -4.78. The summed E-state index contributed by atoms with van der Waals surface area (Å²) in [6.45, 7) is 4.45. The van der Waals surface area contributed by atoms with Gasteiger partial charge in [-0.2, -0.15) is 18.3 Å². The van der Waals surface area contributed by atoms with Gasteiger partial charge < -0.3 is 9.47 Å². The first-order valence-corrected chi connectivity index (χ1v) is 8.60. The molecule has 0 bridgehead atoms. The lowest BCUT2D eigenvalue weighted by molar-refractivity contribution is -0.157. The average molecular weight is 443 g/mol. The van der Waals surface area contributed by atoms with Crippen molar-refractivity contribution in [3.63, 3.8) is 0 Å². The molecule has 0 unspecified atom stereocenters. The molecule has 0 aliphatic carbocycles. The number of carbonyl (C=O) groups is 1. The molecule has 2 rings (SSSR count). The first-order valence-electron chi connectivity index (χ1n) is 7.84. The summed E-state index contributed by atoms with van der Waals surface area (Å²) in [4.78, 5) is 11.8. The number of nitrogens with zero attached hydrogens (tertiary/aromatic N) is 2. The van der Waals surface area contributed by atoms with Crippen LogP contribution in [0.4, 0.5) is 17.6 Å². The summed E-state index contributed by atoms with van der Waals surface area (Å²) in [6, 6.07) is 1.86. The van der Waals surface area contributed by atoms with E-state index < -0.39 is 46.6 Å². The number of hydrogen-bond donors (Lipinski definition) is 0. The largest absolute Gasteiger partial charge is 0.480 e. The van der Waals surface area contributed by atoms with Gasteiger partial charge in [0, 0.05) is 12.6 Å². The first kappa shape index (κ1) is 22.3. The maximum Gasteiger partial charge on any atom is 0.434 e. The molecular formula is C17H16Cl2F4N2O3. The predicted molar refractivity (Wildman–Crippen MR) is 95.0 cm³/mol. The van der Waals surface area contributed by atoms with Crippen molar-refractivity contribution >= 4 is 29.2 Å². The Morgan fingerprint density at radius 2 is 1.82 bits per heavy atom. The van der Waals surface area contributed by atoms with E-state index in [0.29, 0.717) is 4.68 Å². The first-order chi connectivity index (χ1) is 12.7. The van der Waals surface area contributed by atoms with Crippen LogP contribution in [0.3, 0.4) is 0 Å². The number of halogens is 6. The minimum Gasteiger partial charge on any atom is -0.480 e. The highest BCUT2D eigenvalue weighted by Crippen LogP contribution is 2.41. The van der Waals surface area contributed by atoms with E-state index in [4.69, 9.17) is 32.7 Å². The Bertz CT molecular complexity index is 905. The topological polar surface area (TPSA) is 53.4 Å². The van der Waals surface area contributed by atoms with Crippen LogP contribution in [0.25, 0.3) is 11.3 Å². The SMILES string of the molecule is Cn1nc(-c2cc(OCC(=O)OC(C)(C)C)c(Cl)cc2F)c(Cl)c1C(F)(F)F. The number of rotatable bonds is 4. The van der Waals surface area contributed by atoms with Crippen LogP contribution in [0.5, 0.6) is 5.75 Å². The summed E-state index contributed by atoms with van der Waals surface area (Å²) in [5, 5.41) is 2.70. The molecule has 0 amide bonds. The van der Waals surface area contributed by atoms with E-state index in [1.54, 1.807) is 20.8 Å². The molecule has 0 saturated heterocycles. The molecule has 2 aromatic rings. The molecule has 0 fully saturated rings. The molecule has 154 valence electrons. The molecule has 5 nitrogen and oxygen atoms in total. The molecule has 0 spiro atoms. The summed E-state index contributed by atoms with van der Waals surface area (Å²) in [6.07, 6.45) is -4.78. The molecule has 0 saturated carbocycles. The minimum absolute atomic E-state index is 0.140. The van der Waals surface area contributed by atoms with E-state index in [9.17, 15) is 22.4 Å². The van der Waals surface area contributed by atoms with Gasteiger partial charge >= 0.3 is 12.1 Å². The molecular weight excluding hydrogens is 427 g/mol. The number of ether oxygens (including phenoxy) is 2. The van der Waals surface area contributed by atoms with Gasteiger partial charge in [0.05, 0.1) is 10.0 Å². The third kappa shape index (κ3) is 5.08. The molecule has 0 aliphatic rings. The van der Waals surface area contributed by atoms with E-state index in [-0.39, 0.29) is 16.3 Å². The van der Waals surface area contributed by atoms with Crippen LogP contribution in [-0.4, -0.2) is 28.0 Å². The van der Waals surface area contributed by atoms with E-state index >= 15 is 0 Å². The van der Waals surface area contributed by atoms with Crippen LogP contribution < -0.4 is 4.74 Å². The van der Waals surface area contributed by atoms with Crippen LogP contribution in [0.15, 0.2) is 12.1 Å². The molecule has 11 heteroatoms. The van der Waals surface area contributed by atoms with Gasteiger partial charge in [0.25, 0.3) is 0 Å². The predicted octanol–water partition coefficient (Wildman–Crippen LogP) is 5.27. The maximum atomic E-state index is 14.3. The van der Waals surface area contributed by atoms with Crippen molar-refractivity contribution < 1.29 is 31.8 Å². The number of carbonyl (C=O) groups excluding carboxylic acids is 1. The second-order valence-corrected chi connectivity index (χ2v) is 7.56. The van der Waals surface area contributed by atoms with Gasteiger partial charge in [-0.1, -0.05) is 23.2 Å². The van der Waals surface area contributed by atoms with Gasteiger partial charge in [-0.25, -0.2) is 9.18 Å². The van der Waals surface area contributed by atoms with Crippen molar-refractivity contribution in [3.8, 4) is 17.0 Å². The summed E-state index contributed by atoms with van der Waals surface area (Å²) in [7, 11) is 1.03. The normalized spacial score (nSPS) is 12.2. The van der Waals surface area contributed by atoms with Crippen LogP contribution >= 0.6 is 23.2 Å². The van der Waals surface area contributed by atoms with Gasteiger partial charge in [0.15, 0.2) is 12.3 Å². The smallest absolute Gasteiger partial charge is 0.434 e. The number of esters is 1. The van der Waals surface area contributed by atoms with Crippen LogP contribution in [-0.2, 0) is 22.8 Å². The highest BCUT2D eigenvalue weighted by Gasteiger charge is 2.39. The summed E-state index contributed by atoms with van der Waals surface area (Å²) < 4.78 is 64.4. The zero-order valence-electron chi connectivity index (χ0n) is 15.2. The molecule has 1 heterocycles. The fourth-order valence-corrected chi connectivity index (χ4v) is 2.88. The Hall–Kier alpha value is -2.00. The number of alkyl halides is 3. The molecule has 0 radical (unpaired) electrons. The third-order valence-corrected chi connectivity index (χ3v) is 3.95. The fourth-order valence-electron chi connectivity index (χ4n) is 2.31. The van der Waals surface area contributed by atoms with Gasteiger partial charge in [0.1, 0.15) is 22.9 Å². The van der Waals surface area contributed by atoms with Gasteiger partial charge in [0.2, 0.25) is 0 Å². The fraction of sp³-hybridized carbons (Fsp3) is 0.412. The molecule has 0 aliphatic heterocycles. The molecule has 0 atom stereocenters. The lowest BCUT2D eigenvalue weighted by Crippen LogP contribution is -2.27. The average Bonchev–Trinajstić information content (AvgIpc) is 2.79. The van der Waals surface area contributed by atoms with Gasteiger partial charge in [-0.3, -0.25) is 4.68 Å². The van der Waals surface area contributed by atoms with E-state index in [0.717, 1.165) is 19.2 Å². The van der Waals surface area contributed by atoms with E-state index in [2.05, 4.69) is 5.10 Å². The van der Waals surface area contributed by atoms with Crippen molar-refractivity contribution in [1.29, 1.82) is 0 Å². The second-order valence-electron chi connectivity index (χ2n) is 6.77. The summed E-state index contributed by atoms with van der Waals surface area (Å²) in [5.74, 6) is -1.80. The second kappa shape index (κ2) is 7.79. The summed E-state index contributed by atoms with van der Waals surface area (Å²) in [5.41, 5.74) is -2.77. The molecule has 0 N–H and O–H groups in total. The highest BCUT2D eigenvalue weighted by molar-refractivity contribution is 6.34. The highest BCUT2D eigenvalue weighted by atomic mass is 35.5. The Morgan fingerprint density at radius 1 is 1.21 bits per heavy atom. The van der Waals surface area contributed by atoms with Gasteiger partial charge in [-0.15, -0.1) is 0 Å². The third-order valence-electron chi connectivity index (χ3n) is 3.30. The van der Waals surface area contributed by atoms with Crippen molar-refractivity contribution in [2.45, 2.75) is 32.5 Å². The van der Waals surface area contributed by atoms with Crippen molar-refractivity contribution in [2.24, 2.45) is 7.05 Å². The molecule has 1 aromatic heterocycles.